The lowest BCUT2D eigenvalue weighted by molar-refractivity contribution is 1.14. The van der Waals surface area contributed by atoms with Crippen LogP contribution in [0.4, 0.5) is 5.69 Å². The summed E-state index contributed by atoms with van der Waals surface area (Å²) >= 11 is 0. The molecule has 0 spiro atoms. The minimum atomic E-state index is 0.861. The predicted molar refractivity (Wildman–Crippen MR) is 81.0 cm³/mol. The van der Waals surface area contributed by atoms with E-state index < -0.39 is 0 Å². The van der Waals surface area contributed by atoms with E-state index in [1.165, 1.54) is 16.5 Å². The molecule has 2 N–H and O–H groups in total. The molecule has 0 bridgehead atoms. The Labute approximate surface area is 112 Å². The third-order valence-corrected chi connectivity index (χ3v) is 3.50. The Hall–Kier alpha value is -2.35. The van der Waals surface area contributed by atoms with Crippen LogP contribution in [-0.2, 0) is 6.42 Å². The van der Waals surface area contributed by atoms with Crippen molar-refractivity contribution in [3.63, 3.8) is 0 Å². The van der Waals surface area contributed by atoms with E-state index in [-0.39, 0.29) is 0 Å². The summed E-state index contributed by atoms with van der Waals surface area (Å²) in [6.07, 6.45) is 4.77. The van der Waals surface area contributed by atoms with Crippen molar-refractivity contribution in [2.24, 2.45) is 0 Å². The quantitative estimate of drug-likeness (QED) is 0.695. The number of anilines is 1. The van der Waals surface area contributed by atoms with Gasteiger partial charge in [0.1, 0.15) is 0 Å². The number of benzene rings is 2. The number of rotatable bonds is 2. The summed E-state index contributed by atoms with van der Waals surface area (Å²) in [7, 11) is 0. The van der Waals surface area contributed by atoms with Crippen molar-refractivity contribution in [3.05, 3.63) is 60.4 Å². The lowest BCUT2D eigenvalue weighted by Crippen LogP contribution is -1.93. The van der Waals surface area contributed by atoms with Crippen molar-refractivity contribution < 1.29 is 0 Å². The molecule has 2 nitrogen and oxygen atoms in total. The van der Waals surface area contributed by atoms with Gasteiger partial charge in [-0.25, -0.2) is 0 Å². The van der Waals surface area contributed by atoms with Crippen molar-refractivity contribution in [1.29, 1.82) is 0 Å². The summed E-state index contributed by atoms with van der Waals surface area (Å²) in [4.78, 5) is 4.34. The summed E-state index contributed by atoms with van der Waals surface area (Å²) in [5, 5.41) is 2.39. The van der Waals surface area contributed by atoms with Crippen molar-refractivity contribution in [2.45, 2.75) is 13.3 Å². The van der Waals surface area contributed by atoms with Gasteiger partial charge in [0.2, 0.25) is 0 Å². The monoisotopic (exact) mass is 248 g/mol. The lowest BCUT2D eigenvalue weighted by Gasteiger charge is -2.09. The molecule has 1 aromatic heterocycles. The molecule has 0 aliphatic carbocycles. The van der Waals surface area contributed by atoms with E-state index in [1.54, 1.807) is 0 Å². The van der Waals surface area contributed by atoms with Crippen LogP contribution in [0.5, 0.6) is 0 Å². The van der Waals surface area contributed by atoms with Crippen LogP contribution in [-0.4, -0.2) is 4.98 Å². The number of hydrogen-bond acceptors (Lipinski definition) is 2. The van der Waals surface area contributed by atoms with Crippen LogP contribution in [0.25, 0.3) is 21.9 Å². The number of aryl methyl sites for hydroxylation is 1. The van der Waals surface area contributed by atoms with Crippen LogP contribution in [0.1, 0.15) is 12.5 Å². The molecule has 2 heteroatoms. The van der Waals surface area contributed by atoms with E-state index in [0.717, 1.165) is 23.1 Å². The highest BCUT2D eigenvalue weighted by Gasteiger charge is 2.06. The summed E-state index contributed by atoms with van der Waals surface area (Å²) < 4.78 is 0. The zero-order valence-electron chi connectivity index (χ0n) is 10.9. The molecule has 19 heavy (non-hydrogen) atoms. The predicted octanol–water partition coefficient (Wildman–Crippen LogP) is 4.05. The number of nitrogens with zero attached hydrogens (tertiary/aromatic N) is 1. The molecular formula is C17H16N2. The second-order valence-corrected chi connectivity index (χ2v) is 4.68. The highest BCUT2D eigenvalue weighted by molar-refractivity contribution is 5.95. The number of nitrogen functional groups attached to an aromatic ring is 1. The van der Waals surface area contributed by atoms with Crippen LogP contribution in [0.3, 0.4) is 0 Å². The molecule has 0 amide bonds. The van der Waals surface area contributed by atoms with Crippen LogP contribution in [0, 0.1) is 0 Å². The summed E-state index contributed by atoms with van der Waals surface area (Å²) in [6.45, 7) is 2.12. The zero-order valence-corrected chi connectivity index (χ0v) is 10.9. The van der Waals surface area contributed by atoms with E-state index in [1.807, 2.05) is 24.5 Å². The fourth-order valence-corrected chi connectivity index (χ4v) is 2.43. The maximum absolute atomic E-state index is 5.98. The Morgan fingerprint density at radius 2 is 1.89 bits per heavy atom. The summed E-state index contributed by atoms with van der Waals surface area (Å²) in [5.74, 6) is 0. The summed E-state index contributed by atoms with van der Waals surface area (Å²) in [5.41, 5.74) is 10.4. The molecule has 0 atom stereocenters. The van der Waals surface area contributed by atoms with Gasteiger partial charge in [-0.2, -0.15) is 0 Å². The number of nitrogens with two attached hydrogens (primary N) is 1. The van der Waals surface area contributed by atoms with Gasteiger partial charge in [-0.05, 0) is 35.1 Å². The zero-order chi connectivity index (χ0) is 13.2. The maximum atomic E-state index is 5.98. The van der Waals surface area contributed by atoms with Crippen molar-refractivity contribution in [3.8, 4) is 11.1 Å². The normalized spacial score (nSPS) is 10.8. The first kappa shape index (κ1) is 11.7. The molecule has 0 unspecified atom stereocenters. The van der Waals surface area contributed by atoms with Gasteiger partial charge in [0, 0.05) is 29.0 Å². The van der Waals surface area contributed by atoms with Gasteiger partial charge in [0.15, 0.2) is 0 Å². The number of hydrogen-bond donors (Lipinski definition) is 1. The fourth-order valence-electron chi connectivity index (χ4n) is 2.43. The standard InChI is InChI=1S/C17H16N2/c1-2-12-9-13(7-8-17(12)18)16-11-19-10-14-5-3-4-6-15(14)16/h3-11H,2,18H2,1H3. The maximum Gasteiger partial charge on any atom is 0.0352 e. The van der Waals surface area contributed by atoms with Crippen LogP contribution in [0.15, 0.2) is 54.9 Å². The molecule has 94 valence electrons. The Morgan fingerprint density at radius 3 is 2.74 bits per heavy atom. The second kappa shape index (κ2) is 4.73. The molecule has 1 heterocycles. The number of aromatic nitrogens is 1. The van der Waals surface area contributed by atoms with Gasteiger partial charge >= 0.3 is 0 Å². The Morgan fingerprint density at radius 1 is 1.05 bits per heavy atom. The average Bonchev–Trinajstić information content (AvgIpc) is 2.47. The molecule has 0 fully saturated rings. The van der Waals surface area contributed by atoms with E-state index in [9.17, 15) is 0 Å². The van der Waals surface area contributed by atoms with Gasteiger partial charge in [-0.1, -0.05) is 37.3 Å². The topological polar surface area (TPSA) is 38.9 Å². The van der Waals surface area contributed by atoms with Gasteiger partial charge < -0.3 is 5.73 Å². The van der Waals surface area contributed by atoms with Crippen molar-refractivity contribution in [2.75, 3.05) is 5.73 Å². The molecular weight excluding hydrogens is 232 g/mol. The first-order valence-electron chi connectivity index (χ1n) is 6.51. The minimum Gasteiger partial charge on any atom is -0.399 e. The highest BCUT2D eigenvalue weighted by atomic mass is 14.6. The molecule has 0 saturated heterocycles. The molecule has 0 aliphatic heterocycles. The Kier molecular flexibility index (Phi) is 2.92. The number of pyridine rings is 1. The first-order chi connectivity index (χ1) is 9.29. The fraction of sp³-hybridized carbons (Fsp3) is 0.118. The Balaban J connectivity index is 2.24. The van der Waals surface area contributed by atoms with Gasteiger partial charge in [-0.3, -0.25) is 4.98 Å². The lowest BCUT2D eigenvalue weighted by atomic mass is 9.98. The van der Waals surface area contributed by atoms with Gasteiger partial charge in [0.05, 0.1) is 0 Å². The second-order valence-electron chi connectivity index (χ2n) is 4.68. The third-order valence-electron chi connectivity index (χ3n) is 3.50. The van der Waals surface area contributed by atoms with Crippen molar-refractivity contribution in [1.82, 2.24) is 4.98 Å². The number of fused-ring (bicyclic) bond motifs is 1. The molecule has 0 aliphatic rings. The highest BCUT2D eigenvalue weighted by Crippen LogP contribution is 2.29. The van der Waals surface area contributed by atoms with Crippen molar-refractivity contribution >= 4 is 16.5 Å². The van der Waals surface area contributed by atoms with E-state index >= 15 is 0 Å². The minimum absolute atomic E-state index is 0.861. The Bertz CT molecular complexity index is 727. The van der Waals surface area contributed by atoms with E-state index in [2.05, 4.69) is 42.2 Å². The molecule has 2 aromatic carbocycles. The summed E-state index contributed by atoms with van der Waals surface area (Å²) in [6, 6.07) is 14.5. The van der Waals surface area contributed by atoms with Crippen LogP contribution >= 0.6 is 0 Å². The van der Waals surface area contributed by atoms with E-state index in [4.69, 9.17) is 5.73 Å². The molecule has 3 rings (SSSR count). The molecule has 0 radical (unpaired) electrons. The first-order valence-corrected chi connectivity index (χ1v) is 6.51. The smallest absolute Gasteiger partial charge is 0.0352 e. The average molecular weight is 248 g/mol. The van der Waals surface area contributed by atoms with Gasteiger partial charge in [0.25, 0.3) is 0 Å². The van der Waals surface area contributed by atoms with Crippen LogP contribution in [0.2, 0.25) is 0 Å². The molecule has 0 saturated carbocycles. The largest absolute Gasteiger partial charge is 0.399 e. The van der Waals surface area contributed by atoms with Gasteiger partial charge in [-0.15, -0.1) is 0 Å². The van der Waals surface area contributed by atoms with Crippen LogP contribution < -0.4 is 5.73 Å². The van der Waals surface area contributed by atoms with E-state index in [0.29, 0.717) is 0 Å². The SMILES string of the molecule is CCc1cc(-c2cncc3ccccc23)ccc1N. The third kappa shape index (κ3) is 2.06. The molecule has 3 aromatic rings.